The van der Waals surface area contributed by atoms with E-state index in [1.165, 1.54) is 77.0 Å². The Balaban J connectivity index is 3.56. The summed E-state index contributed by atoms with van der Waals surface area (Å²) in [7, 11) is 0. The molecule has 0 heterocycles. The highest BCUT2D eigenvalue weighted by atomic mass is 16.6. The Hall–Kier alpha value is -2.17. The molecule has 0 aromatic heterocycles. The molecule has 1 unspecified atom stereocenters. The highest BCUT2D eigenvalue weighted by Crippen LogP contribution is 2.11. The number of unbranched alkanes of at least 4 members (excludes halogenated alkanes) is 15. The minimum absolute atomic E-state index is 0.191. The van der Waals surface area contributed by atoms with Gasteiger partial charge in [-0.3, -0.25) is 4.79 Å². The molecule has 1 atom stereocenters. The molecule has 0 fully saturated rings. The van der Waals surface area contributed by atoms with Crippen molar-refractivity contribution >= 4 is 5.97 Å². The van der Waals surface area contributed by atoms with Crippen molar-refractivity contribution in [2.45, 2.75) is 174 Å². The molecule has 0 aliphatic carbocycles. The Kier molecular flexibility index (Phi) is 38.2. The Morgan fingerprint density at radius 1 is 0.532 bits per heavy atom. The lowest BCUT2D eigenvalue weighted by Gasteiger charge is -2.15. The Bertz CT molecular complexity index is 820. The number of allylic oxidation sites excluding steroid dienone is 12. The summed E-state index contributed by atoms with van der Waals surface area (Å²) in [5.41, 5.74) is 0. The van der Waals surface area contributed by atoms with Crippen molar-refractivity contribution in [3.8, 4) is 0 Å². The van der Waals surface area contributed by atoms with Crippen LogP contribution in [0.4, 0.5) is 0 Å². The van der Waals surface area contributed by atoms with Crippen LogP contribution in [0.2, 0.25) is 0 Å². The Morgan fingerprint density at radius 2 is 0.957 bits per heavy atom. The van der Waals surface area contributed by atoms with Gasteiger partial charge in [-0.1, -0.05) is 151 Å². The van der Waals surface area contributed by atoms with Crippen LogP contribution in [0.25, 0.3) is 0 Å². The molecule has 4 heteroatoms. The zero-order valence-corrected chi connectivity index (χ0v) is 30.8. The second kappa shape index (κ2) is 40.0. The number of aliphatic hydroxyl groups excluding tert-OH is 1. The zero-order chi connectivity index (χ0) is 34.1. The molecular formula is C43H74O4. The van der Waals surface area contributed by atoms with Gasteiger partial charge in [0.05, 0.1) is 13.2 Å². The van der Waals surface area contributed by atoms with Crippen molar-refractivity contribution in [2.24, 2.45) is 0 Å². The molecule has 0 aromatic carbocycles. The van der Waals surface area contributed by atoms with Gasteiger partial charge in [0.15, 0.2) is 0 Å². The largest absolute Gasteiger partial charge is 0.457 e. The molecule has 0 radical (unpaired) electrons. The SMILES string of the molecule is CC/C=C\C/C=C\C/C=C\C/C=C\C/C=C\CCCCCC(=O)OC(CO)COCCCCCCCC/C=C\CCCCCCCC. The topological polar surface area (TPSA) is 55.8 Å². The Morgan fingerprint density at radius 3 is 1.47 bits per heavy atom. The van der Waals surface area contributed by atoms with E-state index in [2.05, 4.69) is 86.8 Å². The van der Waals surface area contributed by atoms with Crippen LogP contribution >= 0.6 is 0 Å². The van der Waals surface area contributed by atoms with E-state index in [-0.39, 0.29) is 19.2 Å². The number of hydrogen-bond acceptors (Lipinski definition) is 4. The third-order valence-electron chi connectivity index (χ3n) is 8.02. The number of carbonyl (C=O) groups excluding carboxylic acids is 1. The van der Waals surface area contributed by atoms with Crippen LogP contribution in [-0.4, -0.2) is 37.0 Å². The van der Waals surface area contributed by atoms with Gasteiger partial charge < -0.3 is 14.6 Å². The molecule has 0 spiro atoms. The van der Waals surface area contributed by atoms with Gasteiger partial charge in [0.1, 0.15) is 6.10 Å². The van der Waals surface area contributed by atoms with E-state index in [0.29, 0.717) is 13.0 Å². The standard InChI is InChI=1S/C43H74O4/c1-3-5-7-9-11-13-15-17-19-21-22-23-24-26-28-30-32-34-36-38-43(45)47-42(40-44)41-46-39-37-35-33-31-29-27-25-20-18-16-14-12-10-8-6-4-2/h5,7,11,13,17-20,22-23,26,28,42,44H,3-4,6,8-10,12,14-16,21,24-25,27,29-41H2,1-2H3/b7-5-,13-11-,19-17-,20-18-,23-22-,28-26-. The number of esters is 1. The smallest absolute Gasteiger partial charge is 0.306 e. The molecule has 47 heavy (non-hydrogen) atoms. The monoisotopic (exact) mass is 655 g/mol. The number of carbonyl (C=O) groups is 1. The van der Waals surface area contributed by atoms with Crippen LogP contribution in [0.15, 0.2) is 72.9 Å². The Labute approximate surface area is 291 Å². The molecule has 0 aromatic rings. The molecule has 0 bridgehead atoms. The van der Waals surface area contributed by atoms with Crippen LogP contribution < -0.4 is 0 Å². The predicted molar refractivity (Wildman–Crippen MR) is 205 cm³/mol. The van der Waals surface area contributed by atoms with Gasteiger partial charge in [-0.15, -0.1) is 0 Å². The summed E-state index contributed by atoms with van der Waals surface area (Å²) in [5.74, 6) is -0.236. The van der Waals surface area contributed by atoms with E-state index < -0.39 is 6.10 Å². The molecule has 0 amide bonds. The molecule has 1 N–H and O–H groups in total. The summed E-state index contributed by atoms with van der Waals surface area (Å²) in [6.45, 7) is 5.17. The van der Waals surface area contributed by atoms with E-state index >= 15 is 0 Å². The average Bonchev–Trinajstić information content (AvgIpc) is 3.08. The van der Waals surface area contributed by atoms with Crippen LogP contribution in [0, 0.1) is 0 Å². The van der Waals surface area contributed by atoms with Crippen LogP contribution in [-0.2, 0) is 14.3 Å². The number of ether oxygens (including phenoxy) is 2. The summed E-state index contributed by atoms with van der Waals surface area (Å²) >= 11 is 0. The second-order valence-corrected chi connectivity index (χ2v) is 12.6. The molecule has 0 aliphatic heterocycles. The maximum absolute atomic E-state index is 12.2. The fourth-order valence-electron chi connectivity index (χ4n) is 5.11. The maximum Gasteiger partial charge on any atom is 0.306 e. The molecule has 0 saturated carbocycles. The van der Waals surface area contributed by atoms with E-state index in [9.17, 15) is 9.90 Å². The molecule has 0 aliphatic rings. The first-order chi connectivity index (χ1) is 23.2. The van der Waals surface area contributed by atoms with E-state index in [1.807, 2.05) is 0 Å². The first-order valence-corrected chi connectivity index (χ1v) is 19.5. The highest BCUT2D eigenvalue weighted by molar-refractivity contribution is 5.69. The predicted octanol–water partition coefficient (Wildman–Crippen LogP) is 12.6. The van der Waals surface area contributed by atoms with Crippen LogP contribution in [0.1, 0.15) is 168 Å². The molecule has 4 nitrogen and oxygen atoms in total. The summed E-state index contributed by atoms with van der Waals surface area (Å²) in [6.07, 6.45) is 53.7. The quantitative estimate of drug-likeness (QED) is 0.0420. The lowest BCUT2D eigenvalue weighted by Crippen LogP contribution is -2.27. The average molecular weight is 655 g/mol. The van der Waals surface area contributed by atoms with Gasteiger partial charge in [0, 0.05) is 13.0 Å². The maximum atomic E-state index is 12.2. The zero-order valence-electron chi connectivity index (χ0n) is 30.8. The fraction of sp³-hybridized carbons (Fsp3) is 0.698. The van der Waals surface area contributed by atoms with Crippen molar-refractivity contribution in [1.29, 1.82) is 0 Å². The van der Waals surface area contributed by atoms with Crippen molar-refractivity contribution in [1.82, 2.24) is 0 Å². The van der Waals surface area contributed by atoms with Crippen molar-refractivity contribution in [2.75, 3.05) is 19.8 Å². The third-order valence-corrected chi connectivity index (χ3v) is 8.02. The van der Waals surface area contributed by atoms with Gasteiger partial charge in [-0.25, -0.2) is 0 Å². The van der Waals surface area contributed by atoms with Crippen molar-refractivity contribution in [3.63, 3.8) is 0 Å². The normalized spacial score (nSPS) is 13.2. The van der Waals surface area contributed by atoms with Gasteiger partial charge in [0.2, 0.25) is 0 Å². The molecule has 0 rings (SSSR count). The van der Waals surface area contributed by atoms with Crippen molar-refractivity contribution in [3.05, 3.63) is 72.9 Å². The number of hydrogen-bond donors (Lipinski definition) is 1. The van der Waals surface area contributed by atoms with E-state index in [4.69, 9.17) is 9.47 Å². The lowest BCUT2D eigenvalue weighted by atomic mass is 10.1. The van der Waals surface area contributed by atoms with Gasteiger partial charge >= 0.3 is 5.97 Å². The summed E-state index contributed by atoms with van der Waals surface area (Å²) in [4.78, 5) is 12.2. The molecule has 0 saturated heterocycles. The fourth-order valence-corrected chi connectivity index (χ4v) is 5.11. The molecular weight excluding hydrogens is 580 g/mol. The minimum Gasteiger partial charge on any atom is -0.457 e. The third kappa shape index (κ3) is 38.2. The minimum atomic E-state index is -0.557. The van der Waals surface area contributed by atoms with E-state index in [1.54, 1.807) is 0 Å². The van der Waals surface area contributed by atoms with Gasteiger partial charge in [0.25, 0.3) is 0 Å². The first-order valence-electron chi connectivity index (χ1n) is 19.5. The van der Waals surface area contributed by atoms with Gasteiger partial charge in [-0.2, -0.15) is 0 Å². The summed E-state index contributed by atoms with van der Waals surface area (Å²) in [5, 5.41) is 9.57. The van der Waals surface area contributed by atoms with Crippen molar-refractivity contribution < 1.29 is 19.4 Å². The summed E-state index contributed by atoms with van der Waals surface area (Å²) in [6, 6.07) is 0. The van der Waals surface area contributed by atoms with Crippen LogP contribution in [0.5, 0.6) is 0 Å². The highest BCUT2D eigenvalue weighted by Gasteiger charge is 2.13. The molecule has 270 valence electrons. The second-order valence-electron chi connectivity index (χ2n) is 12.6. The van der Waals surface area contributed by atoms with Gasteiger partial charge in [-0.05, 0) is 83.5 Å². The number of aliphatic hydroxyl groups is 1. The van der Waals surface area contributed by atoms with E-state index in [0.717, 1.165) is 70.6 Å². The number of rotatable bonds is 35. The lowest BCUT2D eigenvalue weighted by molar-refractivity contribution is -0.154. The first kappa shape index (κ1) is 44.8. The van der Waals surface area contributed by atoms with Crippen LogP contribution in [0.3, 0.4) is 0 Å². The summed E-state index contributed by atoms with van der Waals surface area (Å²) < 4.78 is 11.1.